The van der Waals surface area contributed by atoms with Crippen LogP contribution in [-0.2, 0) is 5.41 Å². The van der Waals surface area contributed by atoms with Crippen molar-refractivity contribution >= 4 is 32.7 Å². The maximum Gasteiger partial charge on any atom is 0.164 e. The molecule has 0 amide bonds. The normalized spacial score (nSPS) is 15.1. The van der Waals surface area contributed by atoms with Gasteiger partial charge in [-0.05, 0) is 67.4 Å². The number of nitrogens with zero attached hydrogens (tertiary/aromatic N) is 3. The molecule has 1 spiro atoms. The van der Waals surface area contributed by atoms with Gasteiger partial charge in [0.25, 0.3) is 0 Å². The van der Waals surface area contributed by atoms with E-state index in [0.29, 0.717) is 17.5 Å². The Morgan fingerprint density at radius 2 is 0.907 bits per heavy atom. The first-order valence-electron chi connectivity index (χ1n) is 18.4. The molecule has 4 nitrogen and oxygen atoms in total. The van der Waals surface area contributed by atoms with Crippen LogP contribution < -0.4 is 0 Å². The maximum absolute atomic E-state index is 6.31. The summed E-state index contributed by atoms with van der Waals surface area (Å²) in [5, 5.41) is 4.59. The molecule has 0 N–H and O–H groups in total. The zero-order chi connectivity index (χ0) is 35.4. The van der Waals surface area contributed by atoms with Crippen LogP contribution in [0.1, 0.15) is 22.3 Å². The fourth-order valence-electron chi connectivity index (χ4n) is 9.46. The molecular formula is C50H29N3O. The van der Waals surface area contributed by atoms with E-state index >= 15 is 0 Å². The summed E-state index contributed by atoms with van der Waals surface area (Å²) in [5.74, 6) is 1.87. The second-order valence-corrected chi connectivity index (χ2v) is 14.2. The fraction of sp³-hybridized carbons (Fsp3) is 0.0200. The zero-order valence-corrected chi connectivity index (χ0v) is 29.0. The van der Waals surface area contributed by atoms with Crippen LogP contribution >= 0.6 is 0 Å². The van der Waals surface area contributed by atoms with Crippen molar-refractivity contribution in [2.45, 2.75) is 5.41 Å². The molecule has 54 heavy (non-hydrogen) atoms. The topological polar surface area (TPSA) is 51.8 Å². The van der Waals surface area contributed by atoms with Gasteiger partial charge in [-0.1, -0.05) is 164 Å². The largest absolute Gasteiger partial charge is 0.456 e. The number of fused-ring (bicyclic) bond motifs is 12. The van der Waals surface area contributed by atoms with Gasteiger partial charge in [-0.15, -0.1) is 0 Å². The van der Waals surface area contributed by atoms with E-state index < -0.39 is 5.41 Å². The molecule has 12 rings (SSSR count). The highest BCUT2D eigenvalue weighted by Crippen LogP contribution is 2.63. The quantitative estimate of drug-likeness (QED) is 0.185. The molecule has 0 saturated carbocycles. The predicted molar refractivity (Wildman–Crippen MR) is 217 cm³/mol. The lowest BCUT2D eigenvalue weighted by atomic mass is 9.61. The fourth-order valence-corrected chi connectivity index (χ4v) is 9.46. The van der Waals surface area contributed by atoms with Crippen LogP contribution in [0.5, 0.6) is 0 Å². The lowest BCUT2D eigenvalue weighted by Gasteiger charge is -2.40. The summed E-state index contributed by atoms with van der Waals surface area (Å²) in [5.41, 5.74) is 13.9. The summed E-state index contributed by atoms with van der Waals surface area (Å²) in [7, 11) is 0. The van der Waals surface area contributed by atoms with E-state index in [1.165, 1.54) is 49.7 Å². The van der Waals surface area contributed by atoms with Crippen molar-refractivity contribution in [3.8, 4) is 56.4 Å². The van der Waals surface area contributed by atoms with Crippen LogP contribution in [0.2, 0.25) is 0 Å². The summed E-state index contributed by atoms with van der Waals surface area (Å²) < 4.78 is 6.31. The number of benzene rings is 8. The van der Waals surface area contributed by atoms with E-state index in [-0.39, 0.29) is 0 Å². The Bertz CT molecular complexity index is 3170. The number of hydrogen-bond acceptors (Lipinski definition) is 4. The van der Waals surface area contributed by atoms with Gasteiger partial charge < -0.3 is 4.42 Å². The molecular weight excluding hydrogens is 659 g/mol. The highest BCUT2D eigenvalue weighted by molar-refractivity contribution is 6.12. The standard InChI is InChI=1S/C50H29N3O/c1-2-14-31(15-3-1)47-51-48(53-49(52-47)37-23-13-29-43-46(37)35-20-6-9-28-42(35)54-43)36-22-12-27-41-45(36)34-19-5-8-25-39(34)50(41)38-24-7-4-18-32(38)33-21-10-16-30-17-11-26-40(50)44(30)33/h1-29H. The Hall–Kier alpha value is -7.17. The summed E-state index contributed by atoms with van der Waals surface area (Å²) in [6.45, 7) is 0. The van der Waals surface area contributed by atoms with E-state index in [1.54, 1.807) is 0 Å². The van der Waals surface area contributed by atoms with Crippen molar-refractivity contribution in [2.24, 2.45) is 0 Å². The molecule has 250 valence electrons. The molecule has 0 aliphatic heterocycles. The minimum absolute atomic E-state index is 0.536. The molecule has 4 heteroatoms. The molecule has 0 saturated heterocycles. The third kappa shape index (κ3) is 3.84. The number of furan rings is 1. The first-order valence-corrected chi connectivity index (χ1v) is 18.4. The van der Waals surface area contributed by atoms with Crippen molar-refractivity contribution in [3.05, 3.63) is 198 Å². The van der Waals surface area contributed by atoms with Gasteiger partial charge in [0.15, 0.2) is 17.5 Å². The maximum atomic E-state index is 6.31. The van der Waals surface area contributed by atoms with Crippen molar-refractivity contribution in [2.75, 3.05) is 0 Å². The highest BCUT2D eigenvalue weighted by Gasteiger charge is 2.50. The van der Waals surface area contributed by atoms with Gasteiger partial charge in [0.2, 0.25) is 0 Å². The number of para-hydroxylation sites is 1. The molecule has 2 aliphatic carbocycles. The lowest BCUT2D eigenvalue weighted by molar-refractivity contribution is 0.669. The monoisotopic (exact) mass is 687 g/mol. The van der Waals surface area contributed by atoms with Gasteiger partial charge in [-0.3, -0.25) is 0 Å². The Morgan fingerprint density at radius 3 is 1.78 bits per heavy atom. The Morgan fingerprint density at radius 1 is 0.352 bits per heavy atom. The molecule has 0 bridgehead atoms. The molecule has 0 radical (unpaired) electrons. The van der Waals surface area contributed by atoms with Crippen LogP contribution in [0.3, 0.4) is 0 Å². The summed E-state index contributed by atoms with van der Waals surface area (Å²) in [4.78, 5) is 15.8. The molecule has 8 aromatic carbocycles. The lowest BCUT2D eigenvalue weighted by Crippen LogP contribution is -2.31. The number of hydrogen-bond donors (Lipinski definition) is 0. The molecule has 2 aliphatic rings. The average molecular weight is 688 g/mol. The van der Waals surface area contributed by atoms with E-state index in [1.807, 2.05) is 48.5 Å². The van der Waals surface area contributed by atoms with Crippen LogP contribution in [0.4, 0.5) is 0 Å². The van der Waals surface area contributed by atoms with Crippen LogP contribution in [0.15, 0.2) is 180 Å². The molecule has 2 heterocycles. The van der Waals surface area contributed by atoms with Gasteiger partial charge in [-0.25, -0.2) is 15.0 Å². The van der Waals surface area contributed by atoms with Gasteiger partial charge in [-0.2, -0.15) is 0 Å². The summed E-state index contributed by atoms with van der Waals surface area (Å²) in [6, 6.07) is 62.6. The van der Waals surface area contributed by atoms with Crippen LogP contribution in [0, 0.1) is 0 Å². The Kier molecular flexibility index (Phi) is 5.95. The van der Waals surface area contributed by atoms with E-state index in [2.05, 4.69) is 127 Å². The van der Waals surface area contributed by atoms with Crippen molar-refractivity contribution in [1.29, 1.82) is 0 Å². The van der Waals surface area contributed by atoms with E-state index in [9.17, 15) is 0 Å². The summed E-state index contributed by atoms with van der Waals surface area (Å²) in [6.07, 6.45) is 0. The second-order valence-electron chi connectivity index (χ2n) is 14.2. The molecule has 1 atom stereocenters. The van der Waals surface area contributed by atoms with Gasteiger partial charge >= 0.3 is 0 Å². The minimum Gasteiger partial charge on any atom is -0.456 e. The second kappa shape index (κ2) is 10.9. The Balaban J connectivity index is 1.18. The Labute approximate surface area is 311 Å². The summed E-state index contributed by atoms with van der Waals surface area (Å²) >= 11 is 0. The average Bonchev–Trinajstić information content (AvgIpc) is 3.77. The first-order chi connectivity index (χ1) is 26.8. The smallest absolute Gasteiger partial charge is 0.164 e. The van der Waals surface area contributed by atoms with Gasteiger partial charge in [0.05, 0.1) is 5.41 Å². The van der Waals surface area contributed by atoms with Crippen LogP contribution in [0.25, 0.3) is 89.1 Å². The van der Waals surface area contributed by atoms with Gasteiger partial charge in [0.1, 0.15) is 11.2 Å². The predicted octanol–water partition coefficient (Wildman–Crippen LogP) is 12.3. The molecule has 1 unspecified atom stereocenters. The third-order valence-electron chi connectivity index (χ3n) is 11.6. The number of rotatable bonds is 3. The van der Waals surface area contributed by atoms with Crippen molar-refractivity contribution in [1.82, 2.24) is 15.0 Å². The van der Waals surface area contributed by atoms with Crippen molar-refractivity contribution < 1.29 is 4.42 Å². The van der Waals surface area contributed by atoms with E-state index in [0.717, 1.165) is 44.2 Å². The minimum atomic E-state index is -0.536. The highest BCUT2D eigenvalue weighted by atomic mass is 16.3. The molecule has 10 aromatic rings. The van der Waals surface area contributed by atoms with Crippen LogP contribution in [-0.4, -0.2) is 15.0 Å². The molecule has 2 aromatic heterocycles. The van der Waals surface area contributed by atoms with Gasteiger partial charge in [0, 0.05) is 27.5 Å². The SMILES string of the molecule is c1ccc(-c2nc(-c3cccc4c3-c3ccccc3C43c4ccccc4-c4cccc5cccc3c45)nc(-c3cccc4oc5ccccc5c34)n2)cc1. The van der Waals surface area contributed by atoms with E-state index in [4.69, 9.17) is 19.4 Å². The first kappa shape index (κ1) is 29.4. The third-order valence-corrected chi connectivity index (χ3v) is 11.6. The van der Waals surface area contributed by atoms with Crippen molar-refractivity contribution in [3.63, 3.8) is 0 Å². The number of aromatic nitrogens is 3. The zero-order valence-electron chi connectivity index (χ0n) is 29.0. The molecule has 0 fully saturated rings.